The Hall–Kier alpha value is -2.61. The van der Waals surface area contributed by atoms with E-state index in [1.54, 1.807) is 27.7 Å². The molecular weight excluding hydrogens is 352 g/mol. The number of carbonyl (C=O) groups is 3. The summed E-state index contributed by atoms with van der Waals surface area (Å²) in [5.74, 6) is -0.264. The number of amides is 2. The van der Waals surface area contributed by atoms with Crippen molar-refractivity contribution in [1.82, 2.24) is 10.4 Å². The Morgan fingerprint density at radius 1 is 1.15 bits per heavy atom. The van der Waals surface area contributed by atoms with Crippen molar-refractivity contribution < 1.29 is 28.7 Å². The topological polar surface area (TPSA) is 94.2 Å². The number of ketones is 1. The third-order valence-corrected chi connectivity index (χ3v) is 3.02. The number of rotatable bonds is 8. The van der Waals surface area contributed by atoms with Gasteiger partial charge in [0.25, 0.3) is 0 Å². The third kappa shape index (κ3) is 10.2. The summed E-state index contributed by atoms with van der Waals surface area (Å²) in [6, 6.07) is 8.70. The van der Waals surface area contributed by atoms with Gasteiger partial charge >= 0.3 is 12.2 Å². The Labute approximate surface area is 159 Å². The van der Waals surface area contributed by atoms with Crippen LogP contribution in [0, 0.1) is 0 Å². The van der Waals surface area contributed by atoms with Crippen molar-refractivity contribution >= 4 is 18.0 Å². The largest absolute Gasteiger partial charge is 0.444 e. The van der Waals surface area contributed by atoms with Crippen LogP contribution in [0.15, 0.2) is 30.3 Å². The molecule has 1 N–H and O–H groups in total. The lowest BCUT2D eigenvalue weighted by atomic mass is 10.2. The Balaban J connectivity index is 2.52. The predicted octanol–water partition coefficient (Wildman–Crippen LogP) is 3.06. The fourth-order valence-electron chi connectivity index (χ4n) is 1.91. The van der Waals surface area contributed by atoms with Crippen LogP contribution in [0.4, 0.5) is 9.59 Å². The summed E-state index contributed by atoms with van der Waals surface area (Å²) in [7, 11) is 0. The van der Waals surface area contributed by atoms with Crippen molar-refractivity contribution in [1.29, 1.82) is 0 Å². The average Bonchev–Trinajstić information content (AvgIpc) is 2.55. The number of nitrogens with zero attached hydrogens (tertiary/aromatic N) is 1. The zero-order valence-corrected chi connectivity index (χ0v) is 16.5. The summed E-state index contributed by atoms with van der Waals surface area (Å²) >= 11 is 0. The SMILES string of the molecule is CC(=O)CN(OC[C@@H](C)NC(=O)OC(C)(C)C)C(=O)OCc1ccccc1. The molecule has 8 heteroatoms. The minimum absolute atomic E-state index is 0.0348. The first kappa shape index (κ1) is 22.4. The second-order valence-electron chi connectivity index (χ2n) is 7.12. The molecule has 0 aliphatic carbocycles. The van der Waals surface area contributed by atoms with Crippen molar-refractivity contribution in [2.75, 3.05) is 13.2 Å². The van der Waals surface area contributed by atoms with Crippen LogP contribution < -0.4 is 5.32 Å². The summed E-state index contributed by atoms with van der Waals surface area (Å²) in [4.78, 5) is 40.7. The number of hydroxylamine groups is 2. The smallest absolute Gasteiger partial charge is 0.434 e. The van der Waals surface area contributed by atoms with E-state index in [9.17, 15) is 14.4 Å². The van der Waals surface area contributed by atoms with E-state index >= 15 is 0 Å². The Morgan fingerprint density at radius 2 is 1.78 bits per heavy atom. The molecule has 1 aromatic rings. The van der Waals surface area contributed by atoms with Crippen LogP contribution in [0.3, 0.4) is 0 Å². The van der Waals surface area contributed by atoms with Crippen LogP contribution in [0.1, 0.15) is 40.2 Å². The first-order valence-corrected chi connectivity index (χ1v) is 8.67. The van der Waals surface area contributed by atoms with Gasteiger partial charge in [-0.25, -0.2) is 9.59 Å². The van der Waals surface area contributed by atoms with E-state index in [0.717, 1.165) is 10.6 Å². The average molecular weight is 380 g/mol. The van der Waals surface area contributed by atoms with E-state index in [0.29, 0.717) is 0 Å². The quantitative estimate of drug-likeness (QED) is 0.697. The number of ether oxygens (including phenoxy) is 2. The Morgan fingerprint density at radius 3 is 2.33 bits per heavy atom. The maximum absolute atomic E-state index is 12.2. The van der Waals surface area contributed by atoms with Crippen LogP contribution in [0.2, 0.25) is 0 Å². The van der Waals surface area contributed by atoms with Gasteiger partial charge in [-0.3, -0.25) is 9.63 Å². The van der Waals surface area contributed by atoms with Crippen molar-refractivity contribution in [3.63, 3.8) is 0 Å². The van der Waals surface area contributed by atoms with Gasteiger partial charge in [-0.15, -0.1) is 0 Å². The van der Waals surface area contributed by atoms with Crippen molar-refractivity contribution in [2.45, 2.75) is 52.9 Å². The standard InChI is InChI=1S/C19H28N2O6/c1-14(20-17(23)27-19(3,4)5)12-26-21(11-15(2)22)18(24)25-13-16-9-7-6-8-10-16/h6-10,14H,11-13H2,1-5H3,(H,20,23)/t14-/m1/s1. The van der Waals surface area contributed by atoms with E-state index in [4.69, 9.17) is 14.3 Å². The van der Waals surface area contributed by atoms with Crippen LogP contribution in [-0.4, -0.2) is 47.8 Å². The summed E-state index contributed by atoms with van der Waals surface area (Å²) < 4.78 is 10.3. The highest BCUT2D eigenvalue weighted by Crippen LogP contribution is 2.07. The van der Waals surface area contributed by atoms with Gasteiger partial charge in [0.2, 0.25) is 0 Å². The molecule has 1 aromatic carbocycles. The molecule has 0 unspecified atom stereocenters. The molecule has 0 fully saturated rings. The number of alkyl carbamates (subject to hydrolysis) is 1. The highest BCUT2D eigenvalue weighted by molar-refractivity contribution is 5.81. The highest BCUT2D eigenvalue weighted by Gasteiger charge is 2.21. The number of benzene rings is 1. The number of hydrogen-bond acceptors (Lipinski definition) is 6. The van der Waals surface area contributed by atoms with Crippen molar-refractivity contribution in [2.24, 2.45) is 0 Å². The summed E-state index contributed by atoms with van der Waals surface area (Å²) in [5.41, 5.74) is 0.195. The molecular formula is C19H28N2O6. The number of nitrogens with one attached hydrogen (secondary N) is 1. The van der Waals surface area contributed by atoms with Crippen LogP contribution in [0.5, 0.6) is 0 Å². The van der Waals surface area contributed by atoms with Crippen molar-refractivity contribution in [3.05, 3.63) is 35.9 Å². The van der Waals surface area contributed by atoms with Gasteiger partial charge in [0.15, 0.2) is 5.78 Å². The van der Waals surface area contributed by atoms with E-state index in [2.05, 4.69) is 5.32 Å². The number of Topliss-reactive ketones (excluding diaryl/α,β-unsaturated/α-hetero) is 1. The number of carbonyl (C=O) groups excluding carboxylic acids is 3. The van der Waals surface area contributed by atoms with E-state index in [1.807, 2.05) is 30.3 Å². The molecule has 0 bridgehead atoms. The van der Waals surface area contributed by atoms with E-state index in [1.165, 1.54) is 6.92 Å². The molecule has 0 saturated heterocycles. The van der Waals surface area contributed by atoms with Gasteiger partial charge in [-0.1, -0.05) is 30.3 Å². The van der Waals surface area contributed by atoms with Crippen molar-refractivity contribution in [3.8, 4) is 0 Å². The molecule has 1 rings (SSSR count). The first-order chi connectivity index (χ1) is 12.6. The Bertz CT molecular complexity index is 627. The van der Waals surface area contributed by atoms with E-state index < -0.39 is 23.8 Å². The molecule has 0 aromatic heterocycles. The molecule has 0 aliphatic heterocycles. The number of hydrogen-bond donors (Lipinski definition) is 1. The van der Waals surface area contributed by atoms with Gasteiger partial charge in [-0.2, -0.15) is 5.06 Å². The normalized spacial score (nSPS) is 12.0. The lowest BCUT2D eigenvalue weighted by molar-refractivity contribution is -0.153. The molecule has 0 aliphatic rings. The molecule has 8 nitrogen and oxygen atoms in total. The Kier molecular flexibility index (Phi) is 8.74. The third-order valence-electron chi connectivity index (χ3n) is 3.02. The first-order valence-electron chi connectivity index (χ1n) is 8.67. The van der Waals surface area contributed by atoms with Crippen LogP contribution >= 0.6 is 0 Å². The fourth-order valence-corrected chi connectivity index (χ4v) is 1.91. The second kappa shape index (κ2) is 10.5. The minimum atomic E-state index is -0.779. The maximum Gasteiger partial charge on any atom is 0.434 e. The lowest BCUT2D eigenvalue weighted by Crippen LogP contribution is -2.43. The summed E-state index contributed by atoms with van der Waals surface area (Å²) in [6.07, 6.45) is -1.37. The lowest BCUT2D eigenvalue weighted by Gasteiger charge is -2.24. The molecule has 2 amide bonds. The molecule has 1 atom stereocenters. The fraction of sp³-hybridized carbons (Fsp3) is 0.526. The zero-order valence-electron chi connectivity index (χ0n) is 16.5. The maximum atomic E-state index is 12.2. The van der Waals surface area contributed by atoms with Crippen LogP contribution in [0.25, 0.3) is 0 Å². The van der Waals surface area contributed by atoms with Gasteiger partial charge in [-0.05, 0) is 40.2 Å². The molecule has 0 heterocycles. The monoisotopic (exact) mass is 380 g/mol. The molecule has 0 saturated carbocycles. The molecule has 27 heavy (non-hydrogen) atoms. The van der Waals surface area contributed by atoms with Gasteiger partial charge in [0, 0.05) is 0 Å². The van der Waals surface area contributed by atoms with Gasteiger partial charge in [0.05, 0.1) is 12.6 Å². The molecule has 0 spiro atoms. The molecule has 0 radical (unpaired) electrons. The van der Waals surface area contributed by atoms with Crippen LogP contribution in [-0.2, 0) is 25.7 Å². The predicted molar refractivity (Wildman–Crippen MR) is 98.8 cm³/mol. The minimum Gasteiger partial charge on any atom is -0.444 e. The molecule has 150 valence electrons. The summed E-state index contributed by atoms with van der Waals surface area (Å²) in [6.45, 7) is 8.05. The van der Waals surface area contributed by atoms with E-state index in [-0.39, 0.29) is 25.5 Å². The highest BCUT2D eigenvalue weighted by atomic mass is 16.7. The zero-order chi connectivity index (χ0) is 20.4. The van der Waals surface area contributed by atoms with Gasteiger partial charge in [0.1, 0.15) is 18.8 Å². The van der Waals surface area contributed by atoms with Gasteiger partial charge < -0.3 is 14.8 Å². The second-order valence-corrected chi connectivity index (χ2v) is 7.12. The summed E-state index contributed by atoms with van der Waals surface area (Å²) in [5, 5.41) is 3.44.